The molecule has 2 N–H and O–H groups in total. The van der Waals surface area contributed by atoms with Crippen molar-refractivity contribution in [3.05, 3.63) is 29.6 Å². The fraction of sp³-hybridized carbons (Fsp3) is 0.500. The molecule has 0 aliphatic carbocycles. The Balaban J connectivity index is 2.36. The van der Waals surface area contributed by atoms with Gasteiger partial charge in [-0.25, -0.2) is 4.79 Å². The maximum absolute atomic E-state index is 11.8. The first-order valence-electron chi connectivity index (χ1n) is 6.54. The van der Waals surface area contributed by atoms with Crippen LogP contribution >= 0.6 is 0 Å². The molecule has 0 aromatic carbocycles. The molecule has 0 saturated carbocycles. The summed E-state index contributed by atoms with van der Waals surface area (Å²) in [5, 5.41) is 11.6. The lowest BCUT2D eigenvalue weighted by molar-refractivity contribution is -0.141. The van der Waals surface area contributed by atoms with Crippen LogP contribution in [0.2, 0.25) is 0 Å². The number of aromatic nitrogens is 1. The van der Waals surface area contributed by atoms with Gasteiger partial charge in [-0.15, -0.1) is 0 Å². The third kappa shape index (κ3) is 4.87. The SMILES string of the molecule is Cc1cccnc1CCNC(=O)N(C)CC(C)C(=O)O. The van der Waals surface area contributed by atoms with Gasteiger partial charge in [-0.3, -0.25) is 9.78 Å². The normalized spacial score (nSPS) is 11.8. The van der Waals surface area contributed by atoms with Crippen molar-refractivity contribution in [2.24, 2.45) is 5.92 Å². The highest BCUT2D eigenvalue weighted by Crippen LogP contribution is 2.03. The third-order valence-electron chi connectivity index (χ3n) is 3.07. The zero-order chi connectivity index (χ0) is 15.1. The summed E-state index contributed by atoms with van der Waals surface area (Å²) in [6.07, 6.45) is 2.38. The molecule has 0 fully saturated rings. The van der Waals surface area contributed by atoms with Crippen LogP contribution in [0.25, 0.3) is 0 Å². The molecule has 1 unspecified atom stereocenters. The molecule has 0 bridgehead atoms. The van der Waals surface area contributed by atoms with Gasteiger partial charge < -0.3 is 15.3 Å². The minimum absolute atomic E-state index is 0.184. The number of rotatable bonds is 6. The van der Waals surface area contributed by atoms with Gasteiger partial charge in [0.2, 0.25) is 0 Å². The number of carboxylic acids is 1. The zero-order valence-corrected chi connectivity index (χ0v) is 12.1. The highest BCUT2D eigenvalue weighted by atomic mass is 16.4. The quantitative estimate of drug-likeness (QED) is 0.822. The number of carbonyl (C=O) groups excluding carboxylic acids is 1. The number of nitrogens with zero attached hydrogens (tertiary/aromatic N) is 2. The summed E-state index contributed by atoms with van der Waals surface area (Å²) >= 11 is 0. The van der Waals surface area contributed by atoms with Crippen LogP contribution in [0.5, 0.6) is 0 Å². The minimum Gasteiger partial charge on any atom is -0.481 e. The summed E-state index contributed by atoms with van der Waals surface area (Å²) in [6.45, 7) is 4.21. The Hall–Kier alpha value is -2.11. The summed E-state index contributed by atoms with van der Waals surface area (Å²) in [5.74, 6) is -1.49. The van der Waals surface area contributed by atoms with Gasteiger partial charge in [0, 0.05) is 38.4 Å². The molecule has 0 spiro atoms. The highest BCUT2D eigenvalue weighted by molar-refractivity contribution is 5.75. The van der Waals surface area contributed by atoms with E-state index in [-0.39, 0.29) is 12.6 Å². The van der Waals surface area contributed by atoms with Crippen LogP contribution in [-0.2, 0) is 11.2 Å². The van der Waals surface area contributed by atoms with Crippen LogP contribution in [0.1, 0.15) is 18.2 Å². The molecule has 6 heteroatoms. The molecule has 0 saturated heterocycles. The first-order chi connectivity index (χ1) is 9.41. The van der Waals surface area contributed by atoms with Gasteiger partial charge in [0.15, 0.2) is 0 Å². The van der Waals surface area contributed by atoms with Crippen LogP contribution in [0.3, 0.4) is 0 Å². The molecule has 0 radical (unpaired) electrons. The fourth-order valence-corrected chi connectivity index (χ4v) is 1.77. The number of pyridine rings is 1. The van der Waals surface area contributed by atoms with E-state index in [9.17, 15) is 9.59 Å². The first kappa shape index (κ1) is 15.9. The van der Waals surface area contributed by atoms with E-state index in [0.717, 1.165) is 11.3 Å². The second-order valence-electron chi connectivity index (χ2n) is 4.87. The van der Waals surface area contributed by atoms with Crippen molar-refractivity contribution in [3.63, 3.8) is 0 Å². The number of aryl methyl sites for hydroxylation is 1. The van der Waals surface area contributed by atoms with Gasteiger partial charge in [0.1, 0.15) is 0 Å². The Morgan fingerprint density at radius 1 is 1.50 bits per heavy atom. The van der Waals surface area contributed by atoms with Gasteiger partial charge in [0.25, 0.3) is 0 Å². The molecular formula is C14H21N3O3. The summed E-state index contributed by atoms with van der Waals surface area (Å²) in [6, 6.07) is 3.58. The molecule has 2 amide bonds. The molecule has 1 heterocycles. The van der Waals surface area contributed by atoms with Crippen molar-refractivity contribution < 1.29 is 14.7 Å². The number of hydrogen-bond acceptors (Lipinski definition) is 3. The molecule has 1 aromatic rings. The predicted molar refractivity (Wildman–Crippen MR) is 75.5 cm³/mol. The zero-order valence-electron chi connectivity index (χ0n) is 12.1. The second kappa shape index (κ2) is 7.47. The second-order valence-corrected chi connectivity index (χ2v) is 4.87. The molecule has 110 valence electrons. The van der Waals surface area contributed by atoms with E-state index in [1.54, 1.807) is 20.2 Å². The summed E-state index contributed by atoms with van der Waals surface area (Å²) < 4.78 is 0. The molecule has 1 rings (SSSR count). The molecular weight excluding hydrogens is 258 g/mol. The number of aliphatic carboxylic acids is 1. The fourth-order valence-electron chi connectivity index (χ4n) is 1.77. The van der Waals surface area contributed by atoms with E-state index in [4.69, 9.17) is 5.11 Å². The van der Waals surface area contributed by atoms with Crippen molar-refractivity contribution in [1.82, 2.24) is 15.2 Å². The standard InChI is InChI=1S/C14H21N3O3/c1-10-5-4-7-15-12(10)6-8-16-14(20)17(3)9-11(2)13(18)19/h4-5,7,11H,6,8-9H2,1-3H3,(H,16,20)(H,18,19). The van der Waals surface area contributed by atoms with Crippen molar-refractivity contribution in [1.29, 1.82) is 0 Å². The number of amides is 2. The van der Waals surface area contributed by atoms with Gasteiger partial charge in [-0.2, -0.15) is 0 Å². The highest BCUT2D eigenvalue weighted by Gasteiger charge is 2.16. The Kier molecular flexibility index (Phi) is 5.96. The number of urea groups is 1. The van der Waals surface area contributed by atoms with Crippen molar-refractivity contribution >= 4 is 12.0 Å². The van der Waals surface area contributed by atoms with E-state index >= 15 is 0 Å². The maximum Gasteiger partial charge on any atom is 0.317 e. The van der Waals surface area contributed by atoms with Crippen LogP contribution in [0.4, 0.5) is 4.79 Å². The van der Waals surface area contributed by atoms with Crippen LogP contribution < -0.4 is 5.32 Å². The van der Waals surface area contributed by atoms with Crippen molar-refractivity contribution in [2.45, 2.75) is 20.3 Å². The molecule has 6 nitrogen and oxygen atoms in total. The van der Waals surface area contributed by atoms with Crippen molar-refractivity contribution in [3.8, 4) is 0 Å². The van der Waals surface area contributed by atoms with Crippen LogP contribution in [0.15, 0.2) is 18.3 Å². The Morgan fingerprint density at radius 3 is 2.80 bits per heavy atom. The van der Waals surface area contributed by atoms with Crippen LogP contribution in [-0.4, -0.2) is 47.1 Å². The van der Waals surface area contributed by atoms with Crippen LogP contribution in [0, 0.1) is 12.8 Å². The average Bonchev–Trinajstić information content (AvgIpc) is 2.40. The maximum atomic E-state index is 11.8. The van der Waals surface area contributed by atoms with E-state index in [1.807, 2.05) is 19.1 Å². The number of nitrogens with one attached hydrogen (secondary N) is 1. The Bertz CT molecular complexity index is 476. The largest absolute Gasteiger partial charge is 0.481 e. The summed E-state index contributed by atoms with van der Waals surface area (Å²) in [7, 11) is 1.58. The number of hydrogen-bond donors (Lipinski definition) is 2. The average molecular weight is 279 g/mol. The van der Waals surface area contributed by atoms with E-state index in [2.05, 4.69) is 10.3 Å². The lowest BCUT2D eigenvalue weighted by atomic mass is 10.1. The molecule has 20 heavy (non-hydrogen) atoms. The lowest BCUT2D eigenvalue weighted by Crippen LogP contribution is -2.41. The van der Waals surface area contributed by atoms with E-state index < -0.39 is 11.9 Å². The molecule has 0 aliphatic rings. The van der Waals surface area contributed by atoms with Gasteiger partial charge in [0.05, 0.1) is 5.92 Å². The Labute approximate surface area is 118 Å². The van der Waals surface area contributed by atoms with Crippen molar-refractivity contribution in [2.75, 3.05) is 20.1 Å². The first-order valence-corrected chi connectivity index (χ1v) is 6.54. The molecule has 1 atom stereocenters. The summed E-state index contributed by atoms with van der Waals surface area (Å²) in [4.78, 5) is 28.1. The minimum atomic E-state index is -0.909. The molecule has 1 aromatic heterocycles. The van der Waals surface area contributed by atoms with Gasteiger partial charge in [-0.1, -0.05) is 13.0 Å². The third-order valence-corrected chi connectivity index (χ3v) is 3.07. The van der Waals surface area contributed by atoms with E-state index in [1.165, 1.54) is 4.90 Å². The topological polar surface area (TPSA) is 82.5 Å². The van der Waals surface area contributed by atoms with Gasteiger partial charge >= 0.3 is 12.0 Å². The summed E-state index contributed by atoms with van der Waals surface area (Å²) in [5.41, 5.74) is 2.05. The smallest absolute Gasteiger partial charge is 0.317 e. The number of carboxylic acid groups (broad SMARTS) is 1. The van der Waals surface area contributed by atoms with Gasteiger partial charge in [-0.05, 0) is 18.6 Å². The molecule has 0 aliphatic heterocycles. The monoisotopic (exact) mass is 279 g/mol. The lowest BCUT2D eigenvalue weighted by Gasteiger charge is -2.20. The Morgan fingerprint density at radius 2 is 2.20 bits per heavy atom. The predicted octanol–water partition coefficient (Wildman–Crippen LogP) is 1.29. The van der Waals surface area contributed by atoms with E-state index in [0.29, 0.717) is 13.0 Å². The number of carbonyl (C=O) groups is 2.